The first kappa shape index (κ1) is 16.5. The number of benzene rings is 1. The van der Waals surface area contributed by atoms with Crippen LogP contribution in [0.3, 0.4) is 0 Å². The van der Waals surface area contributed by atoms with Gasteiger partial charge in [-0.2, -0.15) is 0 Å². The Morgan fingerprint density at radius 2 is 1.68 bits per heavy atom. The van der Waals surface area contributed by atoms with Gasteiger partial charge in [-0.25, -0.2) is 0 Å². The third kappa shape index (κ3) is 4.07. The van der Waals surface area contributed by atoms with E-state index in [9.17, 15) is 9.59 Å². The van der Waals surface area contributed by atoms with Crippen LogP contribution in [0.1, 0.15) is 20.3 Å². The predicted octanol–water partition coefficient (Wildman–Crippen LogP) is 1.59. The molecular formula is C17H25N3O2. The first-order valence-corrected chi connectivity index (χ1v) is 8.01. The highest BCUT2D eigenvalue weighted by atomic mass is 16.2. The second kappa shape index (κ2) is 7.94. The Labute approximate surface area is 132 Å². The minimum atomic E-state index is -0.128. The molecule has 0 N–H and O–H groups in total. The van der Waals surface area contributed by atoms with Gasteiger partial charge in [-0.3, -0.25) is 9.59 Å². The van der Waals surface area contributed by atoms with Gasteiger partial charge >= 0.3 is 0 Å². The van der Waals surface area contributed by atoms with Crippen molar-refractivity contribution in [2.75, 3.05) is 44.2 Å². The molecule has 5 heteroatoms. The van der Waals surface area contributed by atoms with Crippen LogP contribution in [0.2, 0.25) is 0 Å². The fourth-order valence-electron chi connectivity index (χ4n) is 2.76. The maximum Gasteiger partial charge on any atom is 0.236 e. The lowest BCUT2D eigenvalue weighted by atomic mass is 10.2. The van der Waals surface area contributed by atoms with Crippen LogP contribution in [0.5, 0.6) is 0 Å². The van der Waals surface area contributed by atoms with Crippen LogP contribution in [-0.2, 0) is 9.59 Å². The fraction of sp³-hybridized carbons (Fsp3) is 0.529. The quantitative estimate of drug-likeness (QED) is 0.776. The van der Waals surface area contributed by atoms with E-state index in [1.54, 1.807) is 4.90 Å². The number of likely N-dealkylation sites (N-methyl/N-ethyl adjacent to an activating group) is 1. The predicted molar refractivity (Wildman–Crippen MR) is 87.8 cm³/mol. The highest BCUT2D eigenvalue weighted by Crippen LogP contribution is 2.15. The topological polar surface area (TPSA) is 43.9 Å². The summed E-state index contributed by atoms with van der Waals surface area (Å²) in [5.41, 5.74) is 0.846. The molecule has 0 radical (unpaired) electrons. The maximum absolute atomic E-state index is 12.4. The zero-order valence-corrected chi connectivity index (χ0v) is 13.5. The lowest BCUT2D eigenvalue weighted by Gasteiger charge is -2.34. The summed E-state index contributed by atoms with van der Waals surface area (Å²) < 4.78 is 0. The van der Waals surface area contributed by atoms with Gasteiger partial charge < -0.3 is 14.7 Å². The molecule has 2 amide bonds. The van der Waals surface area contributed by atoms with Crippen molar-refractivity contribution in [1.82, 2.24) is 9.80 Å². The Bertz CT molecular complexity index is 496. The molecule has 1 aliphatic rings. The van der Waals surface area contributed by atoms with E-state index in [2.05, 4.69) is 11.8 Å². The van der Waals surface area contributed by atoms with Crippen molar-refractivity contribution in [3.63, 3.8) is 0 Å². The molecule has 5 nitrogen and oxygen atoms in total. The smallest absolute Gasteiger partial charge is 0.236 e. The Morgan fingerprint density at radius 3 is 2.23 bits per heavy atom. The molecule has 2 rings (SSSR count). The fourth-order valence-corrected chi connectivity index (χ4v) is 2.76. The first-order valence-electron chi connectivity index (χ1n) is 8.01. The summed E-state index contributed by atoms with van der Waals surface area (Å²) in [5.74, 6) is -0.188. The van der Waals surface area contributed by atoms with Crippen molar-refractivity contribution in [3.05, 3.63) is 30.3 Å². The Hall–Kier alpha value is -1.88. The molecule has 1 aromatic rings. The van der Waals surface area contributed by atoms with E-state index in [1.807, 2.05) is 42.2 Å². The van der Waals surface area contributed by atoms with Gasteiger partial charge in [-0.05, 0) is 25.6 Å². The van der Waals surface area contributed by atoms with Gasteiger partial charge in [-0.15, -0.1) is 0 Å². The zero-order valence-electron chi connectivity index (χ0n) is 13.5. The number of amides is 2. The number of hydrogen-bond donors (Lipinski definition) is 0. The number of piperazine rings is 1. The zero-order chi connectivity index (χ0) is 15.9. The summed E-state index contributed by atoms with van der Waals surface area (Å²) in [5, 5.41) is 0. The molecule has 0 bridgehead atoms. The Kier molecular flexibility index (Phi) is 5.95. The second-order valence-corrected chi connectivity index (χ2v) is 5.47. The Balaban J connectivity index is 1.92. The molecule has 0 aliphatic carbocycles. The second-order valence-electron chi connectivity index (χ2n) is 5.47. The molecule has 1 fully saturated rings. The summed E-state index contributed by atoms with van der Waals surface area (Å²) in [4.78, 5) is 30.5. The van der Waals surface area contributed by atoms with Crippen LogP contribution in [0.15, 0.2) is 30.3 Å². The average Bonchev–Trinajstić information content (AvgIpc) is 2.56. The van der Waals surface area contributed by atoms with E-state index in [0.717, 1.165) is 38.4 Å². The summed E-state index contributed by atoms with van der Waals surface area (Å²) in [6.07, 6.45) is -0.0468. The summed E-state index contributed by atoms with van der Waals surface area (Å²) in [7, 11) is 0. The molecule has 0 spiro atoms. The third-order valence-corrected chi connectivity index (χ3v) is 4.16. The average molecular weight is 303 g/mol. The van der Waals surface area contributed by atoms with Crippen molar-refractivity contribution in [3.8, 4) is 0 Å². The van der Waals surface area contributed by atoms with E-state index in [0.29, 0.717) is 6.54 Å². The van der Waals surface area contributed by atoms with E-state index in [1.165, 1.54) is 0 Å². The van der Waals surface area contributed by atoms with Crippen molar-refractivity contribution in [2.24, 2.45) is 0 Å². The van der Waals surface area contributed by atoms with Gasteiger partial charge in [0, 0.05) is 38.4 Å². The van der Waals surface area contributed by atoms with Crippen LogP contribution in [0.25, 0.3) is 0 Å². The van der Waals surface area contributed by atoms with Crippen LogP contribution in [-0.4, -0.2) is 60.9 Å². The maximum atomic E-state index is 12.4. The van der Waals surface area contributed by atoms with E-state index < -0.39 is 0 Å². The number of para-hydroxylation sites is 1. The summed E-state index contributed by atoms with van der Waals surface area (Å²) >= 11 is 0. The summed E-state index contributed by atoms with van der Waals surface area (Å²) in [6, 6.07) is 9.51. The molecule has 0 aromatic heterocycles. The molecule has 1 aliphatic heterocycles. The van der Waals surface area contributed by atoms with Crippen molar-refractivity contribution in [2.45, 2.75) is 20.3 Å². The SMILES string of the molecule is CCN1CCN(C(=O)CC(=O)N(CC)c2ccccc2)CC1. The molecule has 1 saturated heterocycles. The number of nitrogens with zero attached hydrogens (tertiary/aromatic N) is 3. The molecule has 0 unspecified atom stereocenters. The normalized spacial score (nSPS) is 15.6. The third-order valence-electron chi connectivity index (χ3n) is 4.16. The van der Waals surface area contributed by atoms with Crippen LogP contribution < -0.4 is 4.90 Å². The molecule has 0 saturated carbocycles. The monoisotopic (exact) mass is 303 g/mol. The van der Waals surface area contributed by atoms with Crippen LogP contribution >= 0.6 is 0 Å². The lowest BCUT2D eigenvalue weighted by Crippen LogP contribution is -2.49. The molecule has 120 valence electrons. The van der Waals surface area contributed by atoms with Crippen molar-refractivity contribution >= 4 is 17.5 Å². The minimum absolute atomic E-state index is 0.0468. The number of carbonyl (C=O) groups excluding carboxylic acids is 2. The van der Waals surface area contributed by atoms with Gasteiger partial charge in [-0.1, -0.05) is 25.1 Å². The minimum Gasteiger partial charge on any atom is -0.340 e. The van der Waals surface area contributed by atoms with Gasteiger partial charge in [0.2, 0.25) is 11.8 Å². The van der Waals surface area contributed by atoms with Crippen molar-refractivity contribution < 1.29 is 9.59 Å². The van der Waals surface area contributed by atoms with E-state index in [4.69, 9.17) is 0 Å². The largest absolute Gasteiger partial charge is 0.340 e. The van der Waals surface area contributed by atoms with E-state index >= 15 is 0 Å². The van der Waals surface area contributed by atoms with Gasteiger partial charge in [0.1, 0.15) is 6.42 Å². The van der Waals surface area contributed by atoms with Gasteiger partial charge in [0.25, 0.3) is 0 Å². The number of anilines is 1. The molecule has 0 atom stereocenters. The Morgan fingerprint density at radius 1 is 1.05 bits per heavy atom. The van der Waals surface area contributed by atoms with Crippen LogP contribution in [0.4, 0.5) is 5.69 Å². The van der Waals surface area contributed by atoms with Crippen LogP contribution in [0, 0.1) is 0 Å². The van der Waals surface area contributed by atoms with Crippen molar-refractivity contribution in [1.29, 1.82) is 0 Å². The molecule has 1 heterocycles. The van der Waals surface area contributed by atoms with E-state index in [-0.39, 0.29) is 18.2 Å². The molecule has 1 aromatic carbocycles. The number of rotatable bonds is 5. The highest BCUT2D eigenvalue weighted by molar-refractivity contribution is 6.04. The van der Waals surface area contributed by atoms with Gasteiger partial charge in [0.05, 0.1) is 0 Å². The first-order chi connectivity index (χ1) is 10.7. The summed E-state index contributed by atoms with van der Waals surface area (Å²) in [6.45, 7) is 8.86. The number of hydrogen-bond acceptors (Lipinski definition) is 3. The molecule has 22 heavy (non-hydrogen) atoms. The lowest BCUT2D eigenvalue weighted by molar-refractivity contribution is -0.136. The highest BCUT2D eigenvalue weighted by Gasteiger charge is 2.24. The molecular weight excluding hydrogens is 278 g/mol. The number of carbonyl (C=O) groups is 2. The van der Waals surface area contributed by atoms with Gasteiger partial charge in [0.15, 0.2) is 0 Å². The standard InChI is InChI=1S/C17H25N3O2/c1-3-18-10-12-19(13-11-18)16(21)14-17(22)20(4-2)15-8-6-5-7-9-15/h5-9H,3-4,10-14H2,1-2H3.